The van der Waals surface area contributed by atoms with E-state index in [2.05, 4.69) is 12.2 Å². The summed E-state index contributed by atoms with van der Waals surface area (Å²) in [6.07, 6.45) is 1.35. The standard InChI is InChI=1S/C8H18N2S/c1-7(9)5-11-6-8-2-3-10-4-8/h7-8,10H,2-6,9H2,1H3. The Kier molecular flexibility index (Phi) is 4.26. The molecule has 1 heterocycles. The largest absolute Gasteiger partial charge is 0.327 e. The maximum Gasteiger partial charge on any atom is 0.0101 e. The van der Waals surface area contributed by atoms with Crippen LogP contribution < -0.4 is 11.1 Å². The Labute approximate surface area is 73.3 Å². The molecule has 0 aromatic heterocycles. The van der Waals surface area contributed by atoms with E-state index in [-0.39, 0.29) is 0 Å². The fourth-order valence-corrected chi connectivity index (χ4v) is 2.40. The Morgan fingerprint density at radius 2 is 2.55 bits per heavy atom. The Morgan fingerprint density at radius 1 is 1.73 bits per heavy atom. The van der Waals surface area contributed by atoms with E-state index in [0.717, 1.165) is 11.7 Å². The molecule has 0 bridgehead atoms. The van der Waals surface area contributed by atoms with Crippen LogP contribution in [0.4, 0.5) is 0 Å². The molecule has 1 aliphatic heterocycles. The second-order valence-corrected chi connectivity index (χ2v) is 4.45. The van der Waals surface area contributed by atoms with Gasteiger partial charge in [0.1, 0.15) is 0 Å². The Hall–Kier alpha value is 0.270. The summed E-state index contributed by atoms with van der Waals surface area (Å²) in [4.78, 5) is 0. The lowest BCUT2D eigenvalue weighted by Crippen LogP contribution is -2.19. The zero-order valence-corrected chi connectivity index (χ0v) is 7.99. The van der Waals surface area contributed by atoms with Crippen molar-refractivity contribution in [3.05, 3.63) is 0 Å². The summed E-state index contributed by atoms with van der Waals surface area (Å²) >= 11 is 1.99. The van der Waals surface area contributed by atoms with Gasteiger partial charge in [-0.15, -0.1) is 0 Å². The molecular formula is C8H18N2S. The molecule has 3 heteroatoms. The smallest absolute Gasteiger partial charge is 0.0101 e. The Bertz CT molecular complexity index is 100. The molecular weight excluding hydrogens is 156 g/mol. The van der Waals surface area contributed by atoms with Crippen LogP contribution in [0.15, 0.2) is 0 Å². The summed E-state index contributed by atoms with van der Waals surface area (Å²) < 4.78 is 0. The molecule has 1 fully saturated rings. The zero-order chi connectivity index (χ0) is 8.10. The maximum absolute atomic E-state index is 5.64. The van der Waals surface area contributed by atoms with Gasteiger partial charge < -0.3 is 11.1 Å². The molecule has 0 saturated carbocycles. The summed E-state index contributed by atoms with van der Waals surface area (Å²) in [6, 6.07) is 0.356. The van der Waals surface area contributed by atoms with Crippen molar-refractivity contribution in [3.63, 3.8) is 0 Å². The van der Waals surface area contributed by atoms with E-state index < -0.39 is 0 Å². The van der Waals surface area contributed by atoms with Crippen LogP contribution in [0, 0.1) is 5.92 Å². The Balaban J connectivity index is 1.94. The highest BCUT2D eigenvalue weighted by Gasteiger charge is 2.13. The van der Waals surface area contributed by atoms with E-state index >= 15 is 0 Å². The minimum absolute atomic E-state index is 0.356. The molecule has 3 N–H and O–H groups in total. The molecule has 1 rings (SSSR count). The summed E-state index contributed by atoms with van der Waals surface area (Å²) in [5.41, 5.74) is 5.64. The third-order valence-corrected chi connectivity index (χ3v) is 3.37. The van der Waals surface area contributed by atoms with Crippen LogP contribution in [-0.2, 0) is 0 Å². The van der Waals surface area contributed by atoms with Crippen LogP contribution in [0.1, 0.15) is 13.3 Å². The molecule has 1 saturated heterocycles. The number of hydrogen-bond acceptors (Lipinski definition) is 3. The maximum atomic E-state index is 5.64. The van der Waals surface area contributed by atoms with Crippen LogP contribution in [-0.4, -0.2) is 30.6 Å². The van der Waals surface area contributed by atoms with Gasteiger partial charge in [0.25, 0.3) is 0 Å². The number of nitrogens with one attached hydrogen (secondary N) is 1. The van der Waals surface area contributed by atoms with E-state index in [9.17, 15) is 0 Å². The summed E-state index contributed by atoms with van der Waals surface area (Å²) in [5, 5.41) is 3.37. The van der Waals surface area contributed by atoms with Crippen molar-refractivity contribution in [1.29, 1.82) is 0 Å². The van der Waals surface area contributed by atoms with Gasteiger partial charge in [-0.05, 0) is 38.1 Å². The van der Waals surface area contributed by atoms with E-state index in [0.29, 0.717) is 6.04 Å². The summed E-state index contributed by atoms with van der Waals surface area (Å²) in [5.74, 6) is 3.30. The molecule has 0 spiro atoms. The molecule has 66 valence electrons. The predicted octanol–water partition coefficient (Wildman–Crippen LogP) is 0.676. The summed E-state index contributed by atoms with van der Waals surface area (Å²) in [6.45, 7) is 4.50. The van der Waals surface area contributed by atoms with Crippen molar-refractivity contribution in [2.24, 2.45) is 11.7 Å². The first-order chi connectivity index (χ1) is 5.29. The predicted molar refractivity (Wildman–Crippen MR) is 52.0 cm³/mol. The highest BCUT2D eigenvalue weighted by molar-refractivity contribution is 7.99. The molecule has 2 nitrogen and oxygen atoms in total. The van der Waals surface area contributed by atoms with Crippen LogP contribution in [0.25, 0.3) is 0 Å². The fourth-order valence-electron chi connectivity index (χ4n) is 1.28. The number of hydrogen-bond donors (Lipinski definition) is 2. The van der Waals surface area contributed by atoms with Gasteiger partial charge in [0.05, 0.1) is 0 Å². The third kappa shape index (κ3) is 3.99. The molecule has 0 aromatic rings. The van der Waals surface area contributed by atoms with Gasteiger partial charge in [0.2, 0.25) is 0 Å². The van der Waals surface area contributed by atoms with Gasteiger partial charge in [-0.2, -0.15) is 11.8 Å². The first-order valence-corrected chi connectivity index (χ1v) is 5.48. The van der Waals surface area contributed by atoms with Crippen molar-refractivity contribution < 1.29 is 0 Å². The van der Waals surface area contributed by atoms with Crippen LogP contribution in [0.2, 0.25) is 0 Å². The molecule has 0 amide bonds. The van der Waals surface area contributed by atoms with Crippen LogP contribution in [0.5, 0.6) is 0 Å². The minimum atomic E-state index is 0.356. The highest BCUT2D eigenvalue weighted by Crippen LogP contribution is 2.14. The molecule has 1 aliphatic rings. The molecule has 0 radical (unpaired) electrons. The van der Waals surface area contributed by atoms with Gasteiger partial charge in [-0.3, -0.25) is 0 Å². The first-order valence-electron chi connectivity index (χ1n) is 4.33. The fraction of sp³-hybridized carbons (Fsp3) is 1.00. The van der Waals surface area contributed by atoms with E-state index in [1.165, 1.54) is 25.3 Å². The van der Waals surface area contributed by atoms with Gasteiger partial charge in [0.15, 0.2) is 0 Å². The topological polar surface area (TPSA) is 38.0 Å². The average Bonchev–Trinajstić information content (AvgIpc) is 2.39. The van der Waals surface area contributed by atoms with Gasteiger partial charge in [-0.1, -0.05) is 0 Å². The molecule has 0 aliphatic carbocycles. The second-order valence-electron chi connectivity index (χ2n) is 3.37. The molecule has 0 aromatic carbocycles. The highest BCUT2D eigenvalue weighted by atomic mass is 32.2. The van der Waals surface area contributed by atoms with Gasteiger partial charge >= 0.3 is 0 Å². The van der Waals surface area contributed by atoms with Gasteiger partial charge in [0, 0.05) is 11.8 Å². The van der Waals surface area contributed by atoms with Crippen molar-refractivity contribution in [2.75, 3.05) is 24.6 Å². The number of thioether (sulfide) groups is 1. The summed E-state index contributed by atoms with van der Waals surface area (Å²) in [7, 11) is 0. The lowest BCUT2D eigenvalue weighted by atomic mass is 10.2. The van der Waals surface area contributed by atoms with E-state index in [1.807, 2.05) is 11.8 Å². The quantitative estimate of drug-likeness (QED) is 0.658. The SMILES string of the molecule is CC(N)CSCC1CCNC1. The van der Waals surface area contributed by atoms with Crippen molar-refractivity contribution >= 4 is 11.8 Å². The zero-order valence-electron chi connectivity index (χ0n) is 7.18. The molecule has 2 unspecified atom stereocenters. The van der Waals surface area contributed by atoms with Crippen LogP contribution >= 0.6 is 11.8 Å². The first kappa shape index (κ1) is 9.36. The Morgan fingerprint density at radius 3 is 3.09 bits per heavy atom. The normalized spacial score (nSPS) is 27.3. The second kappa shape index (κ2) is 5.01. The van der Waals surface area contributed by atoms with Crippen molar-refractivity contribution in [1.82, 2.24) is 5.32 Å². The number of rotatable bonds is 4. The monoisotopic (exact) mass is 174 g/mol. The van der Waals surface area contributed by atoms with Crippen molar-refractivity contribution in [3.8, 4) is 0 Å². The van der Waals surface area contributed by atoms with Gasteiger partial charge in [-0.25, -0.2) is 0 Å². The lowest BCUT2D eigenvalue weighted by Gasteiger charge is -2.08. The molecule has 11 heavy (non-hydrogen) atoms. The number of nitrogens with two attached hydrogens (primary N) is 1. The van der Waals surface area contributed by atoms with Crippen LogP contribution in [0.3, 0.4) is 0 Å². The van der Waals surface area contributed by atoms with E-state index in [1.54, 1.807) is 0 Å². The van der Waals surface area contributed by atoms with Crippen molar-refractivity contribution in [2.45, 2.75) is 19.4 Å². The lowest BCUT2D eigenvalue weighted by molar-refractivity contribution is 0.661. The third-order valence-electron chi connectivity index (χ3n) is 1.90. The average molecular weight is 174 g/mol. The molecule has 2 atom stereocenters. The van der Waals surface area contributed by atoms with E-state index in [4.69, 9.17) is 5.73 Å². The minimum Gasteiger partial charge on any atom is -0.327 e.